The number of rotatable bonds is 20. The van der Waals surface area contributed by atoms with Gasteiger partial charge >= 0.3 is 0 Å². The van der Waals surface area contributed by atoms with Crippen molar-refractivity contribution in [2.24, 2.45) is 29.0 Å². The average molecular weight is 1910 g/mol. The zero-order valence-electron chi connectivity index (χ0n) is 76.9. The Balaban J connectivity index is 1.02. The van der Waals surface area contributed by atoms with Gasteiger partial charge in [0.05, 0.1) is 43.8 Å². The first kappa shape index (κ1) is 104. The number of allylic oxidation sites excluding steroid dienone is 2. The molecule has 23 N–H and O–H groups in total. The van der Waals surface area contributed by atoms with E-state index in [1.807, 2.05) is 12.2 Å². The van der Waals surface area contributed by atoms with Crippen molar-refractivity contribution < 1.29 is 96.8 Å². The summed E-state index contributed by atoms with van der Waals surface area (Å²) in [6.07, 6.45) is 6.95. The molecule has 7 heterocycles. The van der Waals surface area contributed by atoms with Crippen LogP contribution in [-0.2, 0) is 107 Å². The number of hydrogen-bond acceptors (Lipinski definition) is 23. The molecule has 734 valence electrons. The lowest BCUT2D eigenvalue weighted by Crippen LogP contribution is -2.61. The number of nitrogens with one attached hydrogen (secondary N) is 14. The van der Waals surface area contributed by atoms with Gasteiger partial charge in [-0.15, -0.1) is 11.8 Å². The molecule has 16 amide bonds. The zero-order chi connectivity index (χ0) is 98.7. The summed E-state index contributed by atoms with van der Waals surface area (Å²) >= 11 is 0.762. The number of aliphatic hydroxyl groups is 2. The van der Waals surface area contributed by atoms with Crippen molar-refractivity contribution in [1.82, 2.24) is 97.6 Å². The number of ketones is 1. The molecule has 0 aliphatic carbocycles. The summed E-state index contributed by atoms with van der Waals surface area (Å²) in [6.45, 7) is 2.43. The number of imidazole rings is 1. The number of aromatic hydroxyl groups is 1. The van der Waals surface area contributed by atoms with Crippen molar-refractivity contribution in [3.63, 3.8) is 0 Å². The number of fused-ring (bicyclic) bond motifs is 7. The predicted molar refractivity (Wildman–Crippen MR) is 499 cm³/mol. The summed E-state index contributed by atoms with van der Waals surface area (Å²) in [5, 5.41) is 68.6. The Morgan fingerprint density at radius 1 is 0.566 bits per heavy atom. The number of nitrogens with zero attached hydrogens (tertiary/aromatic N) is 6. The van der Waals surface area contributed by atoms with Crippen LogP contribution in [0.15, 0.2) is 110 Å². The van der Waals surface area contributed by atoms with Crippen LogP contribution >= 0.6 is 11.8 Å². The second-order valence-corrected chi connectivity index (χ2v) is 36.4. The summed E-state index contributed by atoms with van der Waals surface area (Å²) in [5.41, 5.74) is 19.9. The lowest BCUT2D eigenvalue weighted by molar-refractivity contribution is -0.149. The van der Waals surface area contributed by atoms with Gasteiger partial charge in [0.2, 0.25) is 94.5 Å². The first-order chi connectivity index (χ1) is 64.9. The van der Waals surface area contributed by atoms with Crippen LogP contribution in [0.3, 0.4) is 0 Å². The van der Waals surface area contributed by atoms with Crippen LogP contribution in [0.1, 0.15) is 133 Å². The minimum Gasteiger partial charge on any atom is -0.508 e. The van der Waals surface area contributed by atoms with Gasteiger partial charge in [-0.25, -0.2) is 4.98 Å². The van der Waals surface area contributed by atoms with Gasteiger partial charge in [-0.3, -0.25) is 86.9 Å². The van der Waals surface area contributed by atoms with Crippen LogP contribution in [0.2, 0.25) is 0 Å². The van der Waals surface area contributed by atoms with E-state index >= 15 is 38.4 Å². The lowest BCUT2D eigenvalue weighted by atomic mass is 9.90. The highest BCUT2D eigenvalue weighted by Gasteiger charge is 2.47. The number of likely N-dealkylation sites (N-methyl/N-ethyl adjacent to an activating group) is 3. The molecule has 0 radical (unpaired) electrons. The van der Waals surface area contributed by atoms with Crippen LogP contribution in [-0.4, -0.2) is 316 Å². The topological polar surface area (TPSA) is 650 Å². The number of Topliss-reactive ketones (excluding diaryl/α,β-unsaturated/α-hetero) is 1. The number of phenols is 1. The molecule has 6 aromatic rings. The highest BCUT2D eigenvalue weighted by molar-refractivity contribution is 8.00. The number of primary amides is 2. The number of phenolic OH excluding ortho intramolecular Hbond substituents is 1. The van der Waals surface area contributed by atoms with E-state index in [9.17, 15) is 58.5 Å². The number of guanidine groups is 1. The molecule has 136 heavy (non-hydrogen) atoms. The molecule has 0 saturated carbocycles. The third-order valence-electron chi connectivity index (χ3n) is 24.8. The Morgan fingerprint density at radius 2 is 1.13 bits per heavy atom. The molecule has 3 aromatic heterocycles. The summed E-state index contributed by atoms with van der Waals surface area (Å²) in [6, 6.07) is -0.299. The van der Waals surface area contributed by atoms with Crippen LogP contribution in [0.4, 0.5) is 0 Å². The fourth-order valence-electron chi connectivity index (χ4n) is 17.4. The maximum Gasteiger partial charge on any atom is 0.246 e. The van der Waals surface area contributed by atoms with E-state index in [2.05, 4.69) is 73.1 Å². The van der Waals surface area contributed by atoms with Gasteiger partial charge in [0.15, 0.2) is 11.7 Å². The monoisotopic (exact) mass is 1900 g/mol. The second kappa shape index (κ2) is 49.5. The number of carbonyl (C=O) groups is 17. The van der Waals surface area contributed by atoms with E-state index in [-0.39, 0.29) is 102 Å². The van der Waals surface area contributed by atoms with Crippen molar-refractivity contribution in [2.45, 2.75) is 221 Å². The Bertz CT molecular complexity index is 5340. The van der Waals surface area contributed by atoms with Crippen molar-refractivity contribution in [2.75, 3.05) is 65.4 Å². The van der Waals surface area contributed by atoms with Gasteiger partial charge in [0.1, 0.15) is 78.3 Å². The number of H-pyrrole nitrogens is 3. The molecule has 2 bridgehead atoms. The second-order valence-electron chi connectivity index (χ2n) is 35.3. The van der Waals surface area contributed by atoms with Gasteiger partial charge < -0.3 is 125 Å². The van der Waals surface area contributed by atoms with Crippen molar-refractivity contribution in [3.8, 4) is 5.75 Å². The number of para-hydroxylation sites is 2. The number of aliphatic hydroxyl groups excluding tert-OH is 2. The molecule has 4 aliphatic rings. The molecular formula is C92H125N23O20S. The number of nitrogens with two attached hydrogens (primary N) is 3. The fourth-order valence-corrected chi connectivity index (χ4v) is 18.2. The normalized spacial score (nSPS) is 25.7. The Labute approximate surface area is 789 Å². The van der Waals surface area contributed by atoms with Crippen LogP contribution in [0.25, 0.3) is 21.8 Å². The van der Waals surface area contributed by atoms with Crippen LogP contribution in [0, 0.1) is 17.2 Å². The molecule has 4 aliphatic heterocycles. The number of hydrogen-bond donors (Lipinski definition) is 20. The fraction of sp³-hybridized carbons (Fsp3) is 0.511. The average Bonchev–Trinajstić information content (AvgIpc) is 1.63. The van der Waals surface area contributed by atoms with Crippen molar-refractivity contribution in [3.05, 3.63) is 132 Å². The molecular weight excluding hydrogens is 1780 g/mol. The first-order valence-corrected chi connectivity index (χ1v) is 46.7. The maximum atomic E-state index is 15.8. The number of amides is 16. The van der Waals surface area contributed by atoms with E-state index in [0.717, 1.165) is 36.3 Å². The summed E-state index contributed by atoms with van der Waals surface area (Å²) in [5.74, 6) is -19.0. The van der Waals surface area contributed by atoms with Gasteiger partial charge in [-0.1, -0.05) is 74.5 Å². The number of aromatic amines is 3. The van der Waals surface area contributed by atoms with Gasteiger partial charge in [0, 0.05) is 131 Å². The molecule has 3 fully saturated rings. The van der Waals surface area contributed by atoms with E-state index in [1.54, 1.807) is 74.8 Å². The van der Waals surface area contributed by atoms with Crippen LogP contribution < -0.4 is 70.4 Å². The quantitative estimate of drug-likeness (QED) is 0.0165. The molecule has 3 aromatic carbocycles. The Morgan fingerprint density at radius 3 is 1.76 bits per heavy atom. The van der Waals surface area contributed by atoms with E-state index in [0.29, 0.717) is 69.9 Å². The van der Waals surface area contributed by atoms with E-state index in [1.165, 1.54) is 64.9 Å². The summed E-state index contributed by atoms with van der Waals surface area (Å²) in [4.78, 5) is 270. The molecule has 43 nitrogen and oxygen atoms in total. The third-order valence-corrected chi connectivity index (χ3v) is 25.9. The smallest absolute Gasteiger partial charge is 0.246 e. The third kappa shape index (κ3) is 28.6. The minimum atomic E-state index is -1.86. The van der Waals surface area contributed by atoms with Crippen molar-refractivity contribution >= 4 is 140 Å². The molecule has 0 spiro atoms. The predicted octanol–water partition coefficient (Wildman–Crippen LogP) is -2.31. The van der Waals surface area contributed by atoms with Crippen LogP contribution in [0.5, 0.6) is 5.75 Å². The van der Waals surface area contributed by atoms with Gasteiger partial charge in [0.25, 0.3) is 0 Å². The Kier molecular flexibility index (Phi) is 37.9. The number of thioether (sulfide) groups is 1. The number of aromatic nitrogens is 4. The minimum absolute atomic E-state index is 0.0137. The zero-order valence-corrected chi connectivity index (χ0v) is 77.7. The number of benzene rings is 3. The molecule has 44 heteroatoms. The maximum absolute atomic E-state index is 15.8. The summed E-state index contributed by atoms with van der Waals surface area (Å²) < 4.78 is 0. The molecule has 3 saturated heterocycles. The highest BCUT2D eigenvalue weighted by Crippen LogP contribution is 2.31. The molecule has 15 atom stereocenters. The van der Waals surface area contributed by atoms with Crippen molar-refractivity contribution in [1.29, 1.82) is 5.41 Å². The standard InChI is InChI=1S/C92H125N23O20S/c1-50(2)33-65-90(134)115-45-58(118)39-74(115)75(119)37-53(35-54-41-99-61-21-15-13-19-59(54)61)80(124)109-69(46-116)84(128)108-67(36-55-42-100-62-22-16-14-20-60(55)62)88(132)113(6)73-25-12-10-8-7-9-11-24-71(112(5)91(73)135)85(129)104-63(23-17-31-98-92(95)96)82(126)110-70(81(125)101-44-77(94)121)47-136-48-78(122)103-66(34-52-27-29-57(117)30-28-52)87(131)111(4)51(3)79(123)106-68(40-76(93)120)89(133)114-32-18-26-72(114)86(130)105-64(83(127)107-65)38-56-43-97-49-102-56/h7-8,13-16,19-22,27-30,41-43,49-51,53,58,63-74,99-100,116-118H,9-12,17-18,23-26,31-40,44-48H2,1-6H3,(H2,93,120)(H2,94,121)(H,97,102)(H,101,125)(H,103,122)(H,104,129)(H,105,130)(H,106,123)(H,107,127)(H,108,128)(H,109,124)(H,110,126)(H4,95,96,98)/b8-7-/t51-,53+,58+,63-,64-,65-,66-,67-,68-,69-,70-,71-,72-,73-,74-/m0/s1. The van der Waals surface area contributed by atoms with E-state index in [4.69, 9.17) is 22.6 Å². The van der Waals surface area contributed by atoms with E-state index < -0.39 is 241 Å². The van der Waals surface area contributed by atoms with Gasteiger partial charge in [-0.05, 0) is 131 Å². The van der Waals surface area contributed by atoms with Gasteiger partial charge in [-0.2, -0.15) is 0 Å². The SMILES string of the molecule is CC(C)C[C@@H]1NC(=O)[C@H](Cc2cnc[nH]2)NC(=O)[C@@H]2CCCN2C(=O)[C@H](CC(N)=O)NC(=O)[C@H](C)N(C)C(=O)[C@H](Cc2ccc(O)cc2)NC(=O)CSC[C@@H](C(=O)NCC(N)=O)NC(=O)[C@H](CCCNC(=N)N)NC(=O)[C@@H]2CCC/C=C\CCC[C@@H](C(=O)N2C)N(C)C(=O)[C@H](Cc2c[nH]c3ccccc23)NC(=O)[C@H](CO)NC(=O)[C@H](Cc2c[nH]c3ccccc23)CC(=O)[C@@H]2C[C@@H](O)CN2C1=O. The molecule has 10 rings (SSSR count). The number of carbonyl (C=O) groups excluding carboxylic acids is 17. The Hall–Kier alpha value is -13.8. The summed E-state index contributed by atoms with van der Waals surface area (Å²) in [7, 11) is 3.92. The largest absolute Gasteiger partial charge is 0.508 e. The molecule has 0 unspecified atom stereocenters. The first-order valence-electron chi connectivity index (χ1n) is 45.5. The highest BCUT2D eigenvalue weighted by atomic mass is 32.2. The lowest BCUT2D eigenvalue weighted by Gasteiger charge is -2.36.